The number of aromatic carboxylic acids is 1. The van der Waals surface area contributed by atoms with Crippen molar-refractivity contribution >= 4 is 16.9 Å². The molecule has 8 heteroatoms. The Hall–Kier alpha value is -2.97. The normalized spacial score (nSPS) is 21.2. The van der Waals surface area contributed by atoms with Crippen LogP contribution in [0.1, 0.15) is 45.9 Å². The van der Waals surface area contributed by atoms with Gasteiger partial charge in [0.05, 0.1) is 12.7 Å². The number of alkyl halides is 2. The monoisotopic (exact) mass is 483 g/mol. The average Bonchev–Trinajstić information content (AvgIpc) is 3.31. The fraction of sp³-hybridized carbons (Fsp3) is 0.444. The molecule has 186 valence electrons. The number of carboxylic acids is 1. The number of benzene rings is 2. The summed E-state index contributed by atoms with van der Waals surface area (Å²) < 4.78 is 32.6. The van der Waals surface area contributed by atoms with Crippen LogP contribution in [0.15, 0.2) is 42.6 Å². The summed E-state index contributed by atoms with van der Waals surface area (Å²) in [6.45, 7) is 5.68. The number of carboxylic acid groups (broad SMARTS) is 1. The number of hydrogen-bond acceptors (Lipinski definition) is 4. The van der Waals surface area contributed by atoms with E-state index in [-0.39, 0.29) is 30.4 Å². The number of nitrogens with one attached hydrogen (secondary N) is 1. The summed E-state index contributed by atoms with van der Waals surface area (Å²) in [7, 11) is 1.69. The highest BCUT2D eigenvalue weighted by Crippen LogP contribution is 2.43. The summed E-state index contributed by atoms with van der Waals surface area (Å²) in [5.41, 5.74) is 4.59. The summed E-state index contributed by atoms with van der Waals surface area (Å²) in [5.74, 6) is -2.59. The molecule has 1 saturated carbocycles. The molecule has 0 radical (unpaired) electrons. The molecule has 2 fully saturated rings. The largest absolute Gasteiger partial charge is 0.496 e. The van der Waals surface area contributed by atoms with Gasteiger partial charge in [-0.25, -0.2) is 13.6 Å². The minimum atomic E-state index is -2.51. The zero-order valence-corrected chi connectivity index (χ0v) is 20.1. The predicted molar refractivity (Wildman–Crippen MR) is 130 cm³/mol. The molecule has 1 aliphatic carbocycles. The lowest BCUT2D eigenvalue weighted by Gasteiger charge is -2.45. The van der Waals surface area contributed by atoms with Crippen LogP contribution in [0.25, 0.3) is 10.9 Å². The van der Waals surface area contributed by atoms with Crippen molar-refractivity contribution in [2.75, 3.05) is 33.3 Å². The molecule has 2 heterocycles. The van der Waals surface area contributed by atoms with Crippen LogP contribution in [0, 0.1) is 12.8 Å². The summed E-state index contributed by atoms with van der Waals surface area (Å²) in [4.78, 5) is 19.4. The Labute approximate surface area is 203 Å². The van der Waals surface area contributed by atoms with Gasteiger partial charge in [0.1, 0.15) is 5.75 Å². The second-order valence-electron chi connectivity index (χ2n) is 9.94. The van der Waals surface area contributed by atoms with Crippen molar-refractivity contribution in [3.8, 4) is 5.75 Å². The maximum absolute atomic E-state index is 13.4. The van der Waals surface area contributed by atoms with E-state index < -0.39 is 11.9 Å². The fourth-order valence-corrected chi connectivity index (χ4v) is 5.66. The highest BCUT2D eigenvalue weighted by molar-refractivity contribution is 5.88. The van der Waals surface area contributed by atoms with Gasteiger partial charge < -0.3 is 14.8 Å². The molecule has 0 bridgehead atoms. The van der Waals surface area contributed by atoms with Crippen molar-refractivity contribution < 1.29 is 23.4 Å². The van der Waals surface area contributed by atoms with E-state index in [0.717, 1.165) is 46.4 Å². The Morgan fingerprint density at radius 3 is 2.60 bits per heavy atom. The summed E-state index contributed by atoms with van der Waals surface area (Å²) in [5, 5.41) is 10.4. The molecule has 0 amide bonds. The quantitative estimate of drug-likeness (QED) is 0.490. The van der Waals surface area contributed by atoms with Crippen molar-refractivity contribution in [3.63, 3.8) is 0 Å². The second kappa shape index (κ2) is 9.24. The molecular weight excluding hydrogens is 452 g/mol. The van der Waals surface area contributed by atoms with Gasteiger partial charge in [-0.1, -0.05) is 12.1 Å². The first-order valence-corrected chi connectivity index (χ1v) is 12.0. The molecule has 6 nitrogen and oxygen atoms in total. The first kappa shape index (κ1) is 23.8. The van der Waals surface area contributed by atoms with Gasteiger partial charge >= 0.3 is 5.97 Å². The molecule has 35 heavy (non-hydrogen) atoms. The number of aryl methyl sites for hydroxylation is 1. The maximum Gasteiger partial charge on any atom is 0.335 e. The lowest BCUT2D eigenvalue weighted by molar-refractivity contribution is -0.119. The number of ether oxygens (including phenoxy) is 1. The van der Waals surface area contributed by atoms with Gasteiger partial charge in [0.25, 0.3) is 0 Å². The molecular formula is C27H31F2N3O3. The first-order chi connectivity index (χ1) is 16.7. The third-order valence-corrected chi connectivity index (χ3v) is 7.50. The third kappa shape index (κ3) is 4.77. The second-order valence-corrected chi connectivity index (χ2v) is 9.94. The fourth-order valence-electron chi connectivity index (χ4n) is 5.66. The molecule has 1 atom stereocenters. The molecule has 1 saturated heterocycles. The SMILES string of the molecule is COc1cc(C)c2[nH]ccc2c1CN1CCN(CC2CC(F)(F)C2)CC1c1ccc(C(=O)O)cc1. The van der Waals surface area contributed by atoms with E-state index in [0.29, 0.717) is 19.6 Å². The Morgan fingerprint density at radius 2 is 1.94 bits per heavy atom. The summed E-state index contributed by atoms with van der Waals surface area (Å²) in [6.07, 6.45) is 1.88. The minimum Gasteiger partial charge on any atom is -0.496 e. The number of aromatic nitrogens is 1. The third-order valence-electron chi connectivity index (χ3n) is 7.50. The standard InChI is InChI=1S/C27H31F2N3O3/c1-17-11-24(35-2)22(21-7-8-30-25(17)21)15-32-10-9-31(14-18-12-27(28,29)13-18)16-23(32)19-3-5-20(6-4-19)26(33)34/h3-8,11,18,23,30H,9-10,12-16H2,1-2H3,(H,33,34). The van der Waals surface area contributed by atoms with Crippen molar-refractivity contribution in [2.24, 2.45) is 5.92 Å². The van der Waals surface area contributed by atoms with Gasteiger partial charge in [-0.05, 0) is 48.2 Å². The molecule has 3 aromatic rings. The molecule has 2 aromatic carbocycles. The van der Waals surface area contributed by atoms with Crippen LogP contribution >= 0.6 is 0 Å². The van der Waals surface area contributed by atoms with Crippen LogP contribution in [-0.2, 0) is 6.54 Å². The van der Waals surface area contributed by atoms with E-state index in [1.807, 2.05) is 18.3 Å². The van der Waals surface area contributed by atoms with E-state index >= 15 is 0 Å². The lowest BCUT2D eigenvalue weighted by Crippen LogP contribution is -2.51. The Bertz CT molecular complexity index is 1220. The number of H-pyrrole nitrogens is 1. The smallest absolute Gasteiger partial charge is 0.335 e. The number of rotatable bonds is 7. The van der Waals surface area contributed by atoms with Crippen molar-refractivity contribution in [3.05, 3.63) is 64.8 Å². The number of fused-ring (bicyclic) bond motifs is 1. The van der Waals surface area contributed by atoms with E-state index in [1.54, 1.807) is 19.2 Å². The molecule has 1 unspecified atom stereocenters. The van der Waals surface area contributed by atoms with Gasteiger partial charge in [0.2, 0.25) is 5.92 Å². The number of hydrogen-bond donors (Lipinski definition) is 2. The molecule has 5 rings (SSSR count). The highest BCUT2D eigenvalue weighted by Gasteiger charge is 2.46. The number of piperazine rings is 1. The number of aromatic amines is 1. The van der Waals surface area contributed by atoms with Crippen LogP contribution in [-0.4, -0.2) is 65.1 Å². The van der Waals surface area contributed by atoms with Gasteiger partial charge in [-0.3, -0.25) is 9.80 Å². The maximum atomic E-state index is 13.4. The zero-order valence-electron chi connectivity index (χ0n) is 20.1. The van der Waals surface area contributed by atoms with Crippen LogP contribution in [0.2, 0.25) is 0 Å². The predicted octanol–water partition coefficient (Wildman–Crippen LogP) is 5.09. The van der Waals surface area contributed by atoms with E-state index in [4.69, 9.17) is 4.74 Å². The topological polar surface area (TPSA) is 68.8 Å². The Kier molecular flexibility index (Phi) is 6.27. The van der Waals surface area contributed by atoms with Crippen LogP contribution in [0.4, 0.5) is 8.78 Å². The zero-order chi connectivity index (χ0) is 24.7. The number of carbonyl (C=O) groups is 1. The lowest BCUT2D eigenvalue weighted by atomic mass is 9.81. The van der Waals surface area contributed by atoms with Gasteiger partial charge in [0, 0.05) is 74.3 Å². The number of halogens is 2. The Morgan fingerprint density at radius 1 is 1.20 bits per heavy atom. The van der Waals surface area contributed by atoms with Crippen molar-refractivity contribution in [2.45, 2.75) is 38.3 Å². The van der Waals surface area contributed by atoms with Gasteiger partial charge in [-0.2, -0.15) is 0 Å². The van der Waals surface area contributed by atoms with Gasteiger partial charge in [-0.15, -0.1) is 0 Å². The summed E-state index contributed by atoms with van der Waals surface area (Å²) in [6, 6.07) is 11.2. The van der Waals surface area contributed by atoms with Crippen LogP contribution < -0.4 is 4.74 Å². The molecule has 2 aliphatic rings. The van der Waals surface area contributed by atoms with Crippen LogP contribution in [0.5, 0.6) is 5.75 Å². The first-order valence-electron chi connectivity index (χ1n) is 12.0. The number of nitrogens with zero attached hydrogens (tertiary/aromatic N) is 2. The van der Waals surface area contributed by atoms with Crippen molar-refractivity contribution in [1.29, 1.82) is 0 Å². The molecule has 0 spiro atoms. The molecule has 1 aromatic heterocycles. The Balaban J connectivity index is 1.43. The highest BCUT2D eigenvalue weighted by atomic mass is 19.3. The van der Waals surface area contributed by atoms with Crippen LogP contribution in [0.3, 0.4) is 0 Å². The summed E-state index contributed by atoms with van der Waals surface area (Å²) >= 11 is 0. The van der Waals surface area contributed by atoms with E-state index in [9.17, 15) is 18.7 Å². The minimum absolute atomic E-state index is 0.00665. The molecule has 1 aliphatic heterocycles. The van der Waals surface area contributed by atoms with E-state index in [1.165, 1.54) is 0 Å². The van der Waals surface area contributed by atoms with Gasteiger partial charge in [0.15, 0.2) is 0 Å². The van der Waals surface area contributed by atoms with Crippen molar-refractivity contribution in [1.82, 2.24) is 14.8 Å². The number of methoxy groups -OCH3 is 1. The van der Waals surface area contributed by atoms with E-state index in [2.05, 4.69) is 33.8 Å². The molecule has 2 N–H and O–H groups in total. The average molecular weight is 484 g/mol.